The summed E-state index contributed by atoms with van der Waals surface area (Å²) < 4.78 is 6.80. The van der Waals surface area contributed by atoms with E-state index in [1.54, 1.807) is 0 Å². The Bertz CT molecular complexity index is 255. The zero-order valence-corrected chi connectivity index (χ0v) is 9.52. The van der Waals surface area contributed by atoms with E-state index in [0.29, 0.717) is 0 Å². The first-order chi connectivity index (χ1) is 4.91. The summed E-state index contributed by atoms with van der Waals surface area (Å²) in [7, 11) is 0. The first-order valence-corrected chi connectivity index (χ1v) is 4.75. The maximum absolute atomic E-state index is 5.57. The van der Waals surface area contributed by atoms with Gasteiger partial charge in [0.25, 0.3) is 0 Å². The molecule has 1 aromatic rings. The third-order valence-corrected chi connectivity index (χ3v) is 2.29. The fraction of sp³-hybridized carbons (Fsp3) is 0.556. The van der Waals surface area contributed by atoms with Gasteiger partial charge in [0.15, 0.2) is 0 Å². The molecule has 2 heteroatoms. The normalized spacial score (nSPS) is 12.1. The molecule has 1 rings (SSSR count). The van der Waals surface area contributed by atoms with Gasteiger partial charge in [0.1, 0.15) is 11.5 Å². The fourth-order valence-corrected chi connectivity index (χ4v) is 2.35. The van der Waals surface area contributed by atoms with Crippen molar-refractivity contribution in [2.45, 2.75) is 33.1 Å². The molecule has 11 heavy (non-hydrogen) atoms. The van der Waals surface area contributed by atoms with E-state index in [9.17, 15) is 0 Å². The van der Waals surface area contributed by atoms with Crippen LogP contribution in [0.3, 0.4) is 0 Å². The third kappa shape index (κ3) is 1.98. The van der Waals surface area contributed by atoms with Crippen molar-refractivity contribution in [2.75, 3.05) is 0 Å². The summed E-state index contributed by atoms with van der Waals surface area (Å²) in [5.74, 6) is 2.09. The summed E-state index contributed by atoms with van der Waals surface area (Å²) in [6.45, 7) is 8.46. The number of halogens is 1. The van der Waals surface area contributed by atoms with Crippen molar-refractivity contribution in [3.63, 3.8) is 0 Å². The second-order valence-electron chi connectivity index (χ2n) is 3.78. The summed E-state index contributed by atoms with van der Waals surface area (Å²) in [6.07, 6.45) is 0. The van der Waals surface area contributed by atoms with Crippen molar-refractivity contribution in [2.24, 2.45) is 0 Å². The highest BCUT2D eigenvalue weighted by Gasteiger charge is 2.21. The number of rotatable bonds is 0. The van der Waals surface area contributed by atoms with E-state index in [4.69, 9.17) is 4.42 Å². The number of aryl methyl sites for hydroxylation is 1. The lowest BCUT2D eigenvalue weighted by Gasteiger charge is -2.15. The molecule has 1 nitrogen and oxygen atoms in total. The van der Waals surface area contributed by atoms with Crippen LogP contribution in [0.5, 0.6) is 0 Å². The molecular weight excluding hydrogens is 251 g/mol. The quantitative estimate of drug-likeness (QED) is 0.654. The van der Waals surface area contributed by atoms with Crippen LogP contribution in [-0.2, 0) is 5.41 Å². The lowest BCUT2D eigenvalue weighted by molar-refractivity contribution is 0.393. The first kappa shape index (κ1) is 9.10. The van der Waals surface area contributed by atoms with E-state index in [-0.39, 0.29) is 5.41 Å². The maximum atomic E-state index is 5.57. The molecule has 0 unspecified atom stereocenters. The minimum Gasteiger partial charge on any atom is -0.465 e. The number of furan rings is 1. The molecule has 0 saturated carbocycles. The molecule has 0 radical (unpaired) electrons. The zero-order chi connectivity index (χ0) is 8.65. The van der Waals surface area contributed by atoms with Crippen molar-refractivity contribution in [3.05, 3.63) is 21.2 Å². The van der Waals surface area contributed by atoms with Gasteiger partial charge in [-0.25, -0.2) is 0 Å². The SMILES string of the molecule is Cc1cc(I)c(C(C)(C)C)o1. The van der Waals surface area contributed by atoms with Gasteiger partial charge in [-0.15, -0.1) is 0 Å². The van der Waals surface area contributed by atoms with Crippen molar-refractivity contribution >= 4 is 22.6 Å². The molecule has 62 valence electrons. The minimum absolute atomic E-state index is 0.130. The number of hydrogen-bond acceptors (Lipinski definition) is 1. The average molecular weight is 264 g/mol. The molecule has 0 N–H and O–H groups in total. The molecule has 0 aliphatic heterocycles. The predicted octanol–water partition coefficient (Wildman–Crippen LogP) is 3.49. The molecule has 0 fully saturated rings. The molecule has 0 aromatic carbocycles. The van der Waals surface area contributed by atoms with Crippen LogP contribution >= 0.6 is 22.6 Å². The molecule has 0 aliphatic carbocycles. The van der Waals surface area contributed by atoms with Gasteiger partial charge in [0.05, 0.1) is 3.57 Å². The van der Waals surface area contributed by atoms with Crippen molar-refractivity contribution < 1.29 is 4.42 Å². The second kappa shape index (κ2) is 2.81. The van der Waals surface area contributed by atoms with Crippen LogP contribution in [-0.4, -0.2) is 0 Å². The summed E-state index contributed by atoms with van der Waals surface area (Å²) in [5, 5.41) is 0. The second-order valence-corrected chi connectivity index (χ2v) is 4.95. The van der Waals surface area contributed by atoms with Crippen LogP contribution in [0, 0.1) is 10.5 Å². The Hall–Kier alpha value is 0.01000. The molecule has 0 saturated heterocycles. The molecule has 0 spiro atoms. The lowest BCUT2D eigenvalue weighted by atomic mass is 9.94. The van der Waals surface area contributed by atoms with Gasteiger partial charge in [-0.05, 0) is 35.6 Å². The summed E-state index contributed by atoms with van der Waals surface area (Å²) in [4.78, 5) is 0. The van der Waals surface area contributed by atoms with E-state index in [0.717, 1.165) is 11.5 Å². The van der Waals surface area contributed by atoms with Crippen LogP contribution in [0.25, 0.3) is 0 Å². The molecule has 1 aromatic heterocycles. The maximum Gasteiger partial charge on any atom is 0.122 e. The molecule has 0 amide bonds. The van der Waals surface area contributed by atoms with Gasteiger partial charge in [-0.2, -0.15) is 0 Å². The Morgan fingerprint density at radius 3 is 2.09 bits per heavy atom. The minimum atomic E-state index is 0.130. The van der Waals surface area contributed by atoms with E-state index >= 15 is 0 Å². The Kier molecular flexibility index (Phi) is 2.32. The van der Waals surface area contributed by atoms with Gasteiger partial charge in [-0.1, -0.05) is 20.8 Å². The van der Waals surface area contributed by atoms with Crippen molar-refractivity contribution in [3.8, 4) is 0 Å². The average Bonchev–Trinajstić information content (AvgIpc) is 2.08. The van der Waals surface area contributed by atoms with E-state index in [1.165, 1.54) is 3.57 Å². The van der Waals surface area contributed by atoms with Gasteiger partial charge in [0.2, 0.25) is 0 Å². The third-order valence-electron chi connectivity index (χ3n) is 1.49. The zero-order valence-electron chi connectivity index (χ0n) is 7.36. The Labute approximate surface area is 81.3 Å². The monoisotopic (exact) mass is 264 g/mol. The Morgan fingerprint density at radius 2 is 1.91 bits per heavy atom. The van der Waals surface area contributed by atoms with Crippen molar-refractivity contribution in [1.82, 2.24) is 0 Å². The standard InChI is InChI=1S/C9H13IO/c1-6-5-7(10)8(11-6)9(2,3)4/h5H,1-4H3. The highest BCUT2D eigenvalue weighted by Crippen LogP contribution is 2.29. The summed E-state index contributed by atoms with van der Waals surface area (Å²) in [6, 6.07) is 2.07. The Morgan fingerprint density at radius 1 is 1.36 bits per heavy atom. The highest BCUT2D eigenvalue weighted by molar-refractivity contribution is 14.1. The largest absolute Gasteiger partial charge is 0.465 e. The highest BCUT2D eigenvalue weighted by atomic mass is 127. The van der Waals surface area contributed by atoms with Crippen LogP contribution in [0.4, 0.5) is 0 Å². The topological polar surface area (TPSA) is 13.1 Å². The van der Waals surface area contributed by atoms with E-state index < -0.39 is 0 Å². The lowest BCUT2D eigenvalue weighted by Crippen LogP contribution is -2.10. The summed E-state index contributed by atoms with van der Waals surface area (Å²) in [5.41, 5.74) is 0.130. The van der Waals surface area contributed by atoms with Crippen LogP contribution in [0.1, 0.15) is 32.3 Å². The molecule has 0 aliphatic rings. The predicted molar refractivity (Wildman–Crippen MR) is 54.9 cm³/mol. The Balaban J connectivity index is 3.13. The number of hydrogen-bond donors (Lipinski definition) is 0. The molecular formula is C9H13IO. The van der Waals surface area contributed by atoms with Crippen LogP contribution in [0.15, 0.2) is 10.5 Å². The molecule has 1 heterocycles. The first-order valence-electron chi connectivity index (χ1n) is 3.67. The van der Waals surface area contributed by atoms with Gasteiger partial charge in [-0.3, -0.25) is 0 Å². The van der Waals surface area contributed by atoms with Gasteiger partial charge >= 0.3 is 0 Å². The van der Waals surface area contributed by atoms with Gasteiger partial charge in [0, 0.05) is 5.41 Å². The smallest absolute Gasteiger partial charge is 0.122 e. The van der Waals surface area contributed by atoms with Gasteiger partial charge < -0.3 is 4.42 Å². The van der Waals surface area contributed by atoms with Crippen LogP contribution < -0.4 is 0 Å². The van der Waals surface area contributed by atoms with E-state index in [2.05, 4.69) is 49.4 Å². The molecule has 0 atom stereocenters. The fourth-order valence-electron chi connectivity index (χ4n) is 0.995. The molecule has 0 bridgehead atoms. The van der Waals surface area contributed by atoms with Crippen LogP contribution in [0.2, 0.25) is 0 Å². The van der Waals surface area contributed by atoms with Crippen molar-refractivity contribution in [1.29, 1.82) is 0 Å². The summed E-state index contributed by atoms with van der Waals surface area (Å²) >= 11 is 2.31. The van der Waals surface area contributed by atoms with E-state index in [1.807, 2.05) is 6.92 Å².